The number of ether oxygens (including phenoxy) is 2. The van der Waals surface area contributed by atoms with Gasteiger partial charge in [0.25, 0.3) is 0 Å². The van der Waals surface area contributed by atoms with E-state index in [1.54, 1.807) is 24.4 Å². The zero-order chi connectivity index (χ0) is 18.7. The molecule has 0 fully saturated rings. The van der Waals surface area contributed by atoms with E-state index in [4.69, 9.17) is 25.5 Å². The second-order valence-electron chi connectivity index (χ2n) is 5.28. The van der Waals surface area contributed by atoms with Gasteiger partial charge in [0.05, 0.1) is 31.5 Å². The quantitative estimate of drug-likeness (QED) is 0.638. The first-order valence-electron chi connectivity index (χ1n) is 7.56. The number of methoxy groups -OCH3 is 2. The van der Waals surface area contributed by atoms with Gasteiger partial charge in [-0.2, -0.15) is 0 Å². The van der Waals surface area contributed by atoms with Gasteiger partial charge in [-0.15, -0.1) is 0 Å². The van der Waals surface area contributed by atoms with Gasteiger partial charge < -0.3 is 13.9 Å². The molecule has 0 saturated heterocycles. The van der Waals surface area contributed by atoms with Crippen molar-refractivity contribution in [2.45, 2.75) is 0 Å². The van der Waals surface area contributed by atoms with E-state index >= 15 is 0 Å². The number of halogens is 1. The first-order chi connectivity index (χ1) is 12.5. The van der Waals surface area contributed by atoms with Crippen molar-refractivity contribution in [3.63, 3.8) is 0 Å². The van der Waals surface area contributed by atoms with Crippen molar-refractivity contribution in [3.8, 4) is 22.8 Å². The Morgan fingerprint density at radius 2 is 1.54 bits per heavy atom. The fourth-order valence-electron chi connectivity index (χ4n) is 2.40. The Kier molecular flexibility index (Phi) is 5.04. The van der Waals surface area contributed by atoms with Gasteiger partial charge in [0.1, 0.15) is 0 Å². The van der Waals surface area contributed by atoms with Crippen molar-refractivity contribution in [1.82, 2.24) is 4.98 Å². The van der Waals surface area contributed by atoms with E-state index in [2.05, 4.69) is 4.98 Å². The van der Waals surface area contributed by atoms with Gasteiger partial charge in [-0.3, -0.25) is 0 Å². The minimum Gasteiger partial charge on any atom is -0.465 e. The second-order valence-corrected chi connectivity index (χ2v) is 5.72. The SMILES string of the molecule is COC(=O)c1ccc(-c2ncc(-c3ccc(Cl)cc3)o2)cc1C(=O)OC. The van der Waals surface area contributed by atoms with Gasteiger partial charge in [0.15, 0.2) is 5.76 Å². The third-order valence-corrected chi connectivity index (χ3v) is 3.96. The van der Waals surface area contributed by atoms with Crippen molar-refractivity contribution in [2.75, 3.05) is 14.2 Å². The molecule has 0 saturated carbocycles. The number of benzene rings is 2. The molecule has 0 spiro atoms. The van der Waals surface area contributed by atoms with Crippen LogP contribution in [-0.2, 0) is 9.47 Å². The number of carbonyl (C=O) groups excluding carboxylic acids is 2. The van der Waals surface area contributed by atoms with Crippen molar-refractivity contribution in [1.29, 1.82) is 0 Å². The van der Waals surface area contributed by atoms with Gasteiger partial charge >= 0.3 is 11.9 Å². The molecule has 3 aromatic rings. The third-order valence-electron chi connectivity index (χ3n) is 3.71. The fraction of sp³-hybridized carbons (Fsp3) is 0.105. The molecule has 0 unspecified atom stereocenters. The number of hydrogen-bond donors (Lipinski definition) is 0. The fourth-order valence-corrected chi connectivity index (χ4v) is 2.53. The Hall–Kier alpha value is -3.12. The number of hydrogen-bond acceptors (Lipinski definition) is 6. The molecular formula is C19H14ClNO5. The molecule has 0 N–H and O–H groups in total. The molecular weight excluding hydrogens is 358 g/mol. The minimum atomic E-state index is -0.656. The molecule has 0 radical (unpaired) electrons. The van der Waals surface area contributed by atoms with Crippen LogP contribution in [0.2, 0.25) is 5.02 Å². The van der Waals surface area contributed by atoms with Crippen LogP contribution in [0.25, 0.3) is 22.8 Å². The molecule has 0 aliphatic heterocycles. The van der Waals surface area contributed by atoms with Gasteiger partial charge in [0.2, 0.25) is 5.89 Å². The largest absolute Gasteiger partial charge is 0.465 e. The zero-order valence-corrected chi connectivity index (χ0v) is 14.7. The van der Waals surface area contributed by atoms with Crippen LogP contribution in [-0.4, -0.2) is 31.1 Å². The van der Waals surface area contributed by atoms with E-state index in [1.165, 1.54) is 26.4 Å². The predicted octanol–water partition coefficient (Wildman–Crippen LogP) is 4.24. The molecule has 2 aromatic carbocycles. The molecule has 0 amide bonds. The lowest BCUT2D eigenvalue weighted by molar-refractivity contribution is 0.0555. The summed E-state index contributed by atoms with van der Waals surface area (Å²) >= 11 is 5.89. The molecule has 0 aliphatic rings. The van der Waals surface area contributed by atoms with Crippen molar-refractivity contribution < 1.29 is 23.5 Å². The smallest absolute Gasteiger partial charge is 0.338 e. The van der Waals surface area contributed by atoms with E-state index in [9.17, 15) is 9.59 Å². The van der Waals surface area contributed by atoms with Crippen LogP contribution in [0.5, 0.6) is 0 Å². The number of esters is 2. The maximum atomic E-state index is 12.0. The highest BCUT2D eigenvalue weighted by molar-refractivity contribution is 6.30. The molecule has 132 valence electrons. The number of oxazole rings is 1. The summed E-state index contributed by atoms with van der Waals surface area (Å²) in [5.74, 6) is -0.437. The summed E-state index contributed by atoms with van der Waals surface area (Å²) in [4.78, 5) is 28.1. The summed E-state index contributed by atoms with van der Waals surface area (Å²) in [7, 11) is 2.48. The molecule has 0 atom stereocenters. The van der Waals surface area contributed by atoms with Crippen LogP contribution in [0.1, 0.15) is 20.7 Å². The van der Waals surface area contributed by atoms with Gasteiger partial charge in [-0.25, -0.2) is 14.6 Å². The lowest BCUT2D eigenvalue weighted by atomic mass is 10.0. The average molecular weight is 372 g/mol. The topological polar surface area (TPSA) is 78.6 Å². The highest BCUT2D eigenvalue weighted by atomic mass is 35.5. The van der Waals surface area contributed by atoms with E-state index in [-0.39, 0.29) is 11.1 Å². The van der Waals surface area contributed by atoms with Gasteiger partial charge in [-0.1, -0.05) is 11.6 Å². The van der Waals surface area contributed by atoms with Crippen LogP contribution < -0.4 is 0 Å². The molecule has 7 heteroatoms. The standard InChI is InChI=1S/C19H14ClNO5/c1-24-18(22)14-8-5-12(9-15(14)19(23)25-2)17-21-10-16(26-17)11-3-6-13(20)7-4-11/h3-10H,1-2H3. The molecule has 1 heterocycles. The molecule has 1 aromatic heterocycles. The summed E-state index contributed by atoms with van der Waals surface area (Å²) in [5, 5.41) is 0.620. The Labute approximate surface area is 154 Å². The zero-order valence-electron chi connectivity index (χ0n) is 14.0. The third kappa shape index (κ3) is 3.45. The van der Waals surface area contributed by atoms with Crippen molar-refractivity contribution in [2.24, 2.45) is 0 Å². The lowest BCUT2D eigenvalue weighted by Crippen LogP contribution is -2.11. The number of nitrogens with zero attached hydrogens (tertiary/aromatic N) is 1. The Morgan fingerprint density at radius 1 is 0.923 bits per heavy atom. The average Bonchev–Trinajstić information content (AvgIpc) is 3.17. The molecule has 0 bridgehead atoms. The minimum absolute atomic E-state index is 0.0723. The number of rotatable bonds is 4. The Morgan fingerprint density at radius 3 is 2.19 bits per heavy atom. The number of carbonyl (C=O) groups is 2. The summed E-state index contributed by atoms with van der Waals surface area (Å²) < 4.78 is 15.2. The van der Waals surface area contributed by atoms with E-state index in [0.717, 1.165) is 5.56 Å². The van der Waals surface area contributed by atoms with E-state index in [0.29, 0.717) is 22.2 Å². The maximum Gasteiger partial charge on any atom is 0.338 e. The Bertz CT molecular complexity index is 962. The number of aromatic nitrogens is 1. The first kappa shape index (κ1) is 17.7. The summed E-state index contributed by atoms with van der Waals surface area (Å²) in [6.45, 7) is 0. The molecule has 26 heavy (non-hydrogen) atoms. The molecule has 0 aliphatic carbocycles. The Balaban J connectivity index is 2.01. The monoisotopic (exact) mass is 371 g/mol. The van der Waals surface area contributed by atoms with Crippen LogP contribution in [0.4, 0.5) is 0 Å². The molecule has 6 nitrogen and oxygen atoms in total. The second kappa shape index (κ2) is 7.41. The van der Waals surface area contributed by atoms with Crippen LogP contribution in [0.3, 0.4) is 0 Å². The maximum absolute atomic E-state index is 12.0. The van der Waals surface area contributed by atoms with Crippen LogP contribution in [0.15, 0.2) is 53.1 Å². The van der Waals surface area contributed by atoms with E-state index in [1.807, 2.05) is 12.1 Å². The first-order valence-corrected chi connectivity index (χ1v) is 7.94. The van der Waals surface area contributed by atoms with Crippen LogP contribution in [0, 0.1) is 0 Å². The highest BCUT2D eigenvalue weighted by Crippen LogP contribution is 2.28. The van der Waals surface area contributed by atoms with Crippen LogP contribution >= 0.6 is 11.6 Å². The van der Waals surface area contributed by atoms with Gasteiger partial charge in [-0.05, 0) is 42.5 Å². The highest BCUT2D eigenvalue weighted by Gasteiger charge is 2.20. The predicted molar refractivity (Wildman–Crippen MR) is 95.1 cm³/mol. The summed E-state index contributed by atoms with van der Waals surface area (Å²) in [6.07, 6.45) is 1.57. The van der Waals surface area contributed by atoms with E-state index < -0.39 is 11.9 Å². The lowest BCUT2D eigenvalue weighted by Gasteiger charge is -2.07. The molecule has 3 rings (SSSR count). The summed E-state index contributed by atoms with van der Waals surface area (Å²) in [5.41, 5.74) is 1.52. The normalized spacial score (nSPS) is 10.4. The van der Waals surface area contributed by atoms with Gasteiger partial charge in [0, 0.05) is 16.1 Å². The van der Waals surface area contributed by atoms with Crippen molar-refractivity contribution in [3.05, 3.63) is 64.8 Å². The summed E-state index contributed by atoms with van der Waals surface area (Å²) in [6, 6.07) is 11.7. The van der Waals surface area contributed by atoms with Crippen molar-refractivity contribution >= 4 is 23.5 Å².